The highest BCUT2D eigenvalue weighted by atomic mass is 79.9. The molecule has 3 rings (SSSR count). The fraction of sp³-hybridized carbons (Fsp3) is 0.273. The van der Waals surface area contributed by atoms with Gasteiger partial charge < -0.3 is 9.63 Å². The van der Waals surface area contributed by atoms with E-state index in [-0.39, 0.29) is 5.75 Å². The molecule has 1 saturated carbocycles. The zero-order valence-electron chi connectivity index (χ0n) is 8.35. The second kappa shape index (κ2) is 3.59. The van der Waals surface area contributed by atoms with Gasteiger partial charge in [0.25, 0.3) is 5.89 Å². The maximum atomic E-state index is 9.70. The lowest BCUT2D eigenvalue weighted by Gasteiger charge is -1.99. The fourth-order valence-electron chi connectivity index (χ4n) is 1.53. The van der Waals surface area contributed by atoms with Crippen molar-refractivity contribution in [1.29, 1.82) is 0 Å². The summed E-state index contributed by atoms with van der Waals surface area (Å²) in [5.41, 5.74) is 0.564. The summed E-state index contributed by atoms with van der Waals surface area (Å²) in [6, 6.07) is 5.12. The Kier molecular flexibility index (Phi) is 2.21. The molecule has 0 spiro atoms. The highest BCUT2D eigenvalue weighted by Gasteiger charge is 2.29. The van der Waals surface area contributed by atoms with E-state index in [2.05, 4.69) is 26.1 Å². The van der Waals surface area contributed by atoms with Crippen molar-refractivity contribution in [2.24, 2.45) is 0 Å². The Morgan fingerprint density at radius 2 is 2.19 bits per heavy atom. The van der Waals surface area contributed by atoms with Crippen molar-refractivity contribution in [2.75, 3.05) is 0 Å². The first-order valence-corrected chi connectivity index (χ1v) is 5.86. The number of hydrogen-bond donors (Lipinski definition) is 1. The quantitative estimate of drug-likeness (QED) is 0.919. The summed E-state index contributed by atoms with van der Waals surface area (Å²) in [7, 11) is 0. The third-order valence-electron chi connectivity index (χ3n) is 2.57. The lowest BCUT2D eigenvalue weighted by molar-refractivity contribution is 0.417. The first kappa shape index (κ1) is 9.84. The highest BCUT2D eigenvalue weighted by Crippen LogP contribution is 2.39. The van der Waals surface area contributed by atoms with Gasteiger partial charge in [0.1, 0.15) is 5.75 Å². The van der Waals surface area contributed by atoms with Crippen molar-refractivity contribution >= 4 is 15.9 Å². The smallest absolute Gasteiger partial charge is 0.261 e. The van der Waals surface area contributed by atoms with Crippen LogP contribution in [0.5, 0.6) is 5.75 Å². The molecule has 4 nitrogen and oxygen atoms in total. The Bertz CT molecular complexity index is 535. The van der Waals surface area contributed by atoms with E-state index in [4.69, 9.17) is 4.52 Å². The van der Waals surface area contributed by atoms with Crippen molar-refractivity contribution in [3.63, 3.8) is 0 Å². The second-order valence-electron chi connectivity index (χ2n) is 3.89. The summed E-state index contributed by atoms with van der Waals surface area (Å²) >= 11 is 3.34. The molecule has 1 aromatic carbocycles. The largest absolute Gasteiger partial charge is 0.507 e. The van der Waals surface area contributed by atoms with E-state index < -0.39 is 0 Å². The summed E-state index contributed by atoms with van der Waals surface area (Å²) in [5, 5.41) is 13.6. The van der Waals surface area contributed by atoms with Crippen LogP contribution in [0.25, 0.3) is 11.5 Å². The molecular weight excluding hydrogens is 272 g/mol. The predicted molar refractivity (Wildman–Crippen MR) is 61.1 cm³/mol. The van der Waals surface area contributed by atoms with Crippen molar-refractivity contribution in [3.8, 4) is 17.2 Å². The van der Waals surface area contributed by atoms with Gasteiger partial charge in [-0.3, -0.25) is 0 Å². The van der Waals surface area contributed by atoms with Gasteiger partial charge in [-0.25, -0.2) is 0 Å². The Morgan fingerprint density at radius 1 is 1.38 bits per heavy atom. The molecule has 1 fully saturated rings. The van der Waals surface area contributed by atoms with Gasteiger partial charge in [0.15, 0.2) is 5.82 Å². The first-order chi connectivity index (χ1) is 7.74. The number of benzene rings is 1. The van der Waals surface area contributed by atoms with E-state index in [0.717, 1.165) is 23.1 Å². The normalized spacial score (nSPS) is 15.3. The average Bonchev–Trinajstić information content (AvgIpc) is 3.01. The van der Waals surface area contributed by atoms with Gasteiger partial charge in [-0.15, -0.1) is 0 Å². The summed E-state index contributed by atoms with van der Waals surface area (Å²) in [6.45, 7) is 0. The monoisotopic (exact) mass is 280 g/mol. The Balaban J connectivity index is 2.03. The van der Waals surface area contributed by atoms with E-state index in [1.165, 1.54) is 0 Å². The van der Waals surface area contributed by atoms with Gasteiger partial charge in [-0.2, -0.15) is 4.98 Å². The average molecular weight is 281 g/mol. The van der Waals surface area contributed by atoms with Crippen molar-refractivity contribution in [1.82, 2.24) is 10.1 Å². The second-order valence-corrected chi connectivity index (χ2v) is 4.81. The Labute approximate surface area is 100 Å². The van der Waals surface area contributed by atoms with Gasteiger partial charge in [-0.05, 0) is 31.0 Å². The molecule has 1 aliphatic carbocycles. The van der Waals surface area contributed by atoms with Crippen LogP contribution in [0.15, 0.2) is 27.2 Å². The molecule has 5 heteroatoms. The van der Waals surface area contributed by atoms with E-state index in [0.29, 0.717) is 17.4 Å². The number of nitrogens with zero attached hydrogens (tertiary/aromatic N) is 2. The molecule has 2 aromatic rings. The minimum atomic E-state index is 0.147. The molecule has 82 valence electrons. The van der Waals surface area contributed by atoms with Crippen LogP contribution in [0.4, 0.5) is 0 Å². The maximum absolute atomic E-state index is 9.70. The molecule has 1 heterocycles. The summed E-state index contributed by atoms with van der Waals surface area (Å²) < 4.78 is 6.01. The van der Waals surface area contributed by atoms with Crippen LogP contribution < -0.4 is 0 Å². The van der Waals surface area contributed by atoms with Gasteiger partial charge in [0, 0.05) is 10.4 Å². The molecule has 0 radical (unpaired) electrons. The molecule has 0 aliphatic heterocycles. The molecule has 1 N–H and O–H groups in total. The van der Waals surface area contributed by atoms with Crippen LogP contribution in [0, 0.1) is 0 Å². The molecule has 0 unspecified atom stereocenters. The van der Waals surface area contributed by atoms with E-state index >= 15 is 0 Å². The van der Waals surface area contributed by atoms with Crippen LogP contribution in [-0.2, 0) is 0 Å². The number of phenolic OH excluding ortho intramolecular Hbond substituents is 1. The number of halogens is 1. The van der Waals surface area contributed by atoms with Crippen molar-refractivity contribution in [3.05, 3.63) is 28.5 Å². The molecule has 0 bridgehead atoms. The highest BCUT2D eigenvalue weighted by molar-refractivity contribution is 9.10. The molecule has 0 atom stereocenters. The zero-order chi connectivity index (χ0) is 11.1. The molecule has 0 amide bonds. The number of aromatic nitrogens is 2. The van der Waals surface area contributed by atoms with Gasteiger partial charge in [0.05, 0.1) is 5.56 Å². The minimum Gasteiger partial charge on any atom is -0.507 e. The standard InChI is InChI=1S/C11H9BrN2O2/c12-7-3-4-9(15)8(5-7)11-13-10(14-16-11)6-1-2-6/h3-6,15H,1-2H2. The maximum Gasteiger partial charge on any atom is 0.261 e. The molecule has 1 aromatic heterocycles. The molecule has 1 aliphatic rings. The summed E-state index contributed by atoms with van der Waals surface area (Å²) in [6.07, 6.45) is 2.26. The van der Waals surface area contributed by atoms with Crippen LogP contribution in [-0.4, -0.2) is 15.2 Å². The topological polar surface area (TPSA) is 59.2 Å². The Hall–Kier alpha value is -1.36. The molecule has 16 heavy (non-hydrogen) atoms. The SMILES string of the molecule is Oc1ccc(Br)cc1-c1nc(C2CC2)no1. The number of rotatable bonds is 2. The summed E-state index contributed by atoms with van der Waals surface area (Å²) in [5.74, 6) is 1.72. The van der Waals surface area contributed by atoms with Gasteiger partial charge >= 0.3 is 0 Å². The third kappa shape index (κ3) is 1.71. The van der Waals surface area contributed by atoms with Crippen LogP contribution in [0.3, 0.4) is 0 Å². The van der Waals surface area contributed by atoms with Gasteiger partial charge in [-0.1, -0.05) is 21.1 Å². The number of phenols is 1. The summed E-state index contributed by atoms with van der Waals surface area (Å²) in [4.78, 5) is 4.29. The predicted octanol–water partition coefficient (Wildman–Crippen LogP) is 3.08. The van der Waals surface area contributed by atoms with Gasteiger partial charge in [0.2, 0.25) is 0 Å². The number of hydrogen-bond acceptors (Lipinski definition) is 4. The molecule has 0 saturated heterocycles. The Morgan fingerprint density at radius 3 is 2.94 bits per heavy atom. The van der Waals surface area contributed by atoms with Crippen molar-refractivity contribution in [2.45, 2.75) is 18.8 Å². The van der Waals surface area contributed by atoms with Crippen LogP contribution in [0.2, 0.25) is 0 Å². The van der Waals surface area contributed by atoms with Crippen LogP contribution >= 0.6 is 15.9 Å². The van der Waals surface area contributed by atoms with E-state index in [1.54, 1.807) is 18.2 Å². The van der Waals surface area contributed by atoms with E-state index in [1.807, 2.05) is 0 Å². The lowest BCUT2D eigenvalue weighted by Crippen LogP contribution is -1.83. The first-order valence-electron chi connectivity index (χ1n) is 5.06. The van der Waals surface area contributed by atoms with Crippen molar-refractivity contribution < 1.29 is 9.63 Å². The minimum absolute atomic E-state index is 0.147. The third-order valence-corrected chi connectivity index (χ3v) is 3.07. The fourth-order valence-corrected chi connectivity index (χ4v) is 1.89. The lowest BCUT2D eigenvalue weighted by atomic mass is 10.2. The van der Waals surface area contributed by atoms with E-state index in [9.17, 15) is 5.11 Å². The zero-order valence-corrected chi connectivity index (χ0v) is 9.94. The molecular formula is C11H9BrN2O2. The van der Waals surface area contributed by atoms with Crippen LogP contribution in [0.1, 0.15) is 24.6 Å². The number of aromatic hydroxyl groups is 1.